The number of likely N-dealkylation sites (tertiary alicyclic amines) is 1. The topological polar surface area (TPSA) is 32.5 Å². The third kappa shape index (κ3) is 3.89. The predicted molar refractivity (Wildman–Crippen MR) is 96.2 cm³/mol. The minimum absolute atomic E-state index is 0.503. The molecule has 2 aliphatic rings. The van der Waals surface area contributed by atoms with Crippen LogP contribution in [0.3, 0.4) is 0 Å². The first-order valence-corrected chi connectivity index (χ1v) is 9.53. The van der Waals surface area contributed by atoms with Crippen molar-refractivity contribution in [3.05, 3.63) is 41.2 Å². The van der Waals surface area contributed by atoms with Gasteiger partial charge in [-0.15, -0.1) is 0 Å². The van der Waals surface area contributed by atoms with Crippen LogP contribution < -0.4 is 0 Å². The third-order valence-electron chi connectivity index (χ3n) is 5.68. The van der Waals surface area contributed by atoms with Gasteiger partial charge in [0, 0.05) is 43.2 Å². The van der Waals surface area contributed by atoms with Crippen molar-refractivity contribution in [3.63, 3.8) is 0 Å². The second-order valence-electron chi connectivity index (χ2n) is 7.59. The van der Waals surface area contributed by atoms with Crippen molar-refractivity contribution in [3.8, 4) is 11.3 Å². The summed E-state index contributed by atoms with van der Waals surface area (Å²) in [6.45, 7) is 7.25. The minimum atomic E-state index is -4.33. The van der Waals surface area contributed by atoms with E-state index in [-0.39, 0.29) is 0 Å². The maximum atomic E-state index is 12.8. The first kappa shape index (κ1) is 18.5. The second-order valence-corrected chi connectivity index (χ2v) is 7.59. The average Bonchev–Trinajstić information content (AvgIpc) is 3.31. The zero-order chi connectivity index (χ0) is 19.0. The summed E-state index contributed by atoms with van der Waals surface area (Å²) in [5, 5.41) is 4.16. The predicted octanol–water partition coefficient (Wildman–Crippen LogP) is 4.20. The first-order chi connectivity index (χ1) is 12.9. The number of fused-ring (bicyclic) bond motifs is 1. The minimum Gasteiger partial charge on any atom is -0.360 e. The van der Waals surface area contributed by atoms with Crippen LogP contribution in [0.15, 0.2) is 28.8 Å². The maximum absolute atomic E-state index is 12.8. The van der Waals surface area contributed by atoms with Crippen LogP contribution in [0.5, 0.6) is 0 Å². The lowest BCUT2D eigenvalue weighted by Gasteiger charge is -2.32. The number of hydrogen-bond donors (Lipinski definition) is 0. The highest BCUT2D eigenvalue weighted by atomic mass is 19.4. The Morgan fingerprint density at radius 2 is 1.81 bits per heavy atom. The molecule has 7 heteroatoms. The number of aromatic nitrogens is 1. The van der Waals surface area contributed by atoms with Crippen LogP contribution in [-0.2, 0) is 19.1 Å². The lowest BCUT2D eigenvalue weighted by atomic mass is 10.00. The van der Waals surface area contributed by atoms with E-state index in [1.54, 1.807) is 0 Å². The quantitative estimate of drug-likeness (QED) is 0.797. The van der Waals surface area contributed by atoms with Gasteiger partial charge in [-0.1, -0.05) is 17.3 Å². The molecule has 0 N–H and O–H groups in total. The summed E-state index contributed by atoms with van der Waals surface area (Å²) in [5.41, 5.74) is 1.69. The number of alkyl halides is 3. The highest BCUT2D eigenvalue weighted by molar-refractivity contribution is 5.64. The van der Waals surface area contributed by atoms with Gasteiger partial charge in [0.2, 0.25) is 0 Å². The van der Waals surface area contributed by atoms with Crippen molar-refractivity contribution in [2.24, 2.45) is 0 Å². The fourth-order valence-electron chi connectivity index (χ4n) is 4.14. The summed E-state index contributed by atoms with van der Waals surface area (Å²) >= 11 is 0. The summed E-state index contributed by atoms with van der Waals surface area (Å²) in [6.07, 6.45) is -0.990. The summed E-state index contributed by atoms with van der Waals surface area (Å²) in [7, 11) is 0. The molecular weight excluding hydrogens is 355 g/mol. The molecule has 4 nitrogen and oxygen atoms in total. The summed E-state index contributed by atoms with van der Waals surface area (Å²) in [6, 6.07) is 5.67. The van der Waals surface area contributed by atoms with Crippen molar-refractivity contribution in [2.75, 3.05) is 26.2 Å². The number of benzene rings is 1. The molecule has 1 unspecified atom stereocenters. The Balaban J connectivity index is 1.49. The zero-order valence-electron chi connectivity index (χ0n) is 15.4. The summed E-state index contributed by atoms with van der Waals surface area (Å²) < 4.78 is 43.9. The zero-order valence-corrected chi connectivity index (χ0v) is 15.4. The Bertz CT molecular complexity index is 779. The van der Waals surface area contributed by atoms with E-state index in [0.717, 1.165) is 49.5 Å². The molecule has 0 amide bonds. The van der Waals surface area contributed by atoms with Crippen LogP contribution in [0, 0.1) is 0 Å². The number of nitrogens with zero attached hydrogens (tertiary/aromatic N) is 3. The van der Waals surface area contributed by atoms with Gasteiger partial charge in [0.1, 0.15) is 11.5 Å². The second kappa shape index (κ2) is 7.28. The third-order valence-corrected chi connectivity index (χ3v) is 5.68. The maximum Gasteiger partial charge on any atom is 0.416 e. The van der Waals surface area contributed by atoms with Gasteiger partial charge in [0.15, 0.2) is 0 Å². The molecule has 1 aromatic carbocycles. The number of halogens is 3. The van der Waals surface area contributed by atoms with E-state index in [9.17, 15) is 13.2 Å². The lowest BCUT2D eigenvalue weighted by molar-refractivity contribution is -0.137. The first-order valence-electron chi connectivity index (χ1n) is 9.53. The van der Waals surface area contributed by atoms with E-state index in [2.05, 4.69) is 21.9 Å². The van der Waals surface area contributed by atoms with Gasteiger partial charge in [0.05, 0.1) is 5.56 Å². The monoisotopic (exact) mass is 379 g/mol. The van der Waals surface area contributed by atoms with Gasteiger partial charge in [-0.3, -0.25) is 9.80 Å². The van der Waals surface area contributed by atoms with E-state index in [1.807, 2.05) is 0 Å². The van der Waals surface area contributed by atoms with Crippen molar-refractivity contribution in [1.82, 2.24) is 15.0 Å². The molecule has 1 saturated heterocycles. The summed E-state index contributed by atoms with van der Waals surface area (Å²) in [4.78, 5) is 4.93. The molecule has 1 fully saturated rings. The van der Waals surface area contributed by atoms with Crippen LogP contribution >= 0.6 is 0 Å². The SMILES string of the molecule is CC(CN1CCc2onc(-c3ccc(C(F)(F)F)cc3)c2C1)N1CCCC1. The molecule has 146 valence electrons. The molecule has 4 rings (SSSR count). The molecule has 27 heavy (non-hydrogen) atoms. The van der Waals surface area contributed by atoms with Crippen LogP contribution in [0.25, 0.3) is 11.3 Å². The fraction of sp³-hybridized carbons (Fsp3) is 0.550. The van der Waals surface area contributed by atoms with Crippen LogP contribution in [-0.4, -0.2) is 47.2 Å². The lowest BCUT2D eigenvalue weighted by Crippen LogP contribution is -2.42. The highest BCUT2D eigenvalue weighted by Gasteiger charge is 2.31. The van der Waals surface area contributed by atoms with Gasteiger partial charge >= 0.3 is 6.18 Å². The fourth-order valence-corrected chi connectivity index (χ4v) is 4.14. The molecule has 0 saturated carbocycles. The Morgan fingerprint density at radius 1 is 1.11 bits per heavy atom. The van der Waals surface area contributed by atoms with Gasteiger partial charge in [0.25, 0.3) is 0 Å². The van der Waals surface area contributed by atoms with E-state index >= 15 is 0 Å². The number of rotatable bonds is 4. The van der Waals surface area contributed by atoms with Crippen molar-refractivity contribution in [2.45, 2.75) is 44.9 Å². The van der Waals surface area contributed by atoms with Gasteiger partial charge in [-0.05, 0) is 45.0 Å². The van der Waals surface area contributed by atoms with E-state index in [4.69, 9.17) is 4.52 Å². The van der Waals surface area contributed by atoms with Crippen LogP contribution in [0.4, 0.5) is 13.2 Å². The highest BCUT2D eigenvalue weighted by Crippen LogP contribution is 2.33. The Morgan fingerprint density at radius 3 is 2.48 bits per heavy atom. The standard InChI is InChI=1S/C20H24F3N3O/c1-14(26-9-2-3-10-26)12-25-11-8-18-17(13-25)19(24-27-18)15-4-6-16(7-5-15)20(21,22)23/h4-7,14H,2-3,8-13H2,1H3. The van der Waals surface area contributed by atoms with Crippen molar-refractivity contribution in [1.29, 1.82) is 0 Å². The van der Waals surface area contributed by atoms with Crippen molar-refractivity contribution < 1.29 is 17.7 Å². The molecular formula is C20H24F3N3O. The van der Waals surface area contributed by atoms with Gasteiger partial charge in [-0.2, -0.15) is 13.2 Å². The molecule has 2 aromatic rings. The Hall–Kier alpha value is -1.86. The van der Waals surface area contributed by atoms with Gasteiger partial charge < -0.3 is 4.52 Å². The molecule has 3 heterocycles. The molecule has 2 aliphatic heterocycles. The largest absolute Gasteiger partial charge is 0.416 e. The molecule has 1 atom stereocenters. The Kier molecular flexibility index (Phi) is 4.99. The van der Waals surface area contributed by atoms with E-state index < -0.39 is 11.7 Å². The van der Waals surface area contributed by atoms with E-state index in [0.29, 0.717) is 17.3 Å². The average molecular weight is 379 g/mol. The van der Waals surface area contributed by atoms with E-state index in [1.165, 1.54) is 38.1 Å². The molecule has 0 aliphatic carbocycles. The molecule has 0 spiro atoms. The normalized spacial score (nSPS) is 20.0. The summed E-state index contributed by atoms with van der Waals surface area (Å²) in [5.74, 6) is 0.856. The molecule has 0 bridgehead atoms. The number of hydrogen-bond acceptors (Lipinski definition) is 4. The molecule has 0 radical (unpaired) electrons. The van der Waals surface area contributed by atoms with Crippen molar-refractivity contribution >= 4 is 0 Å². The van der Waals surface area contributed by atoms with Crippen LogP contribution in [0.2, 0.25) is 0 Å². The molecule has 1 aromatic heterocycles. The Labute approximate surface area is 156 Å². The van der Waals surface area contributed by atoms with Gasteiger partial charge in [-0.25, -0.2) is 0 Å². The smallest absolute Gasteiger partial charge is 0.360 e. The van der Waals surface area contributed by atoms with Crippen LogP contribution in [0.1, 0.15) is 36.7 Å².